The number of fused-ring (bicyclic) bond motifs is 1. The van der Waals surface area contributed by atoms with Gasteiger partial charge in [0.1, 0.15) is 12.4 Å². The molecule has 1 aliphatic heterocycles. The summed E-state index contributed by atoms with van der Waals surface area (Å²) in [6.07, 6.45) is 4.07. The lowest BCUT2D eigenvalue weighted by atomic mass is 9.59. The van der Waals surface area contributed by atoms with Crippen LogP contribution in [0.5, 0.6) is 5.75 Å². The van der Waals surface area contributed by atoms with Gasteiger partial charge in [0.05, 0.1) is 12.7 Å². The molecule has 5 nitrogen and oxygen atoms in total. The molecule has 29 heavy (non-hydrogen) atoms. The summed E-state index contributed by atoms with van der Waals surface area (Å²) in [5.41, 5.74) is 1.51. The summed E-state index contributed by atoms with van der Waals surface area (Å²) >= 11 is 0. The third-order valence-electron chi connectivity index (χ3n) is 7.90. The van der Waals surface area contributed by atoms with Gasteiger partial charge in [-0.25, -0.2) is 0 Å². The fraction of sp³-hybridized carbons (Fsp3) is 0.708. The van der Waals surface area contributed by atoms with Gasteiger partial charge in [0.15, 0.2) is 0 Å². The van der Waals surface area contributed by atoms with Crippen LogP contribution in [0.25, 0.3) is 0 Å². The first-order valence-electron chi connectivity index (χ1n) is 11.0. The van der Waals surface area contributed by atoms with Crippen molar-refractivity contribution in [3.8, 4) is 5.75 Å². The van der Waals surface area contributed by atoms with Gasteiger partial charge in [-0.05, 0) is 59.6 Å². The molecule has 1 heterocycles. The minimum Gasteiger partial charge on any atom is -0.491 e. The van der Waals surface area contributed by atoms with Crippen LogP contribution in [0.4, 0.5) is 0 Å². The van der Waals surface area contributed by atoms with Gasteiger partial charge in [0, 0.05) is 26.2 Å². The van der Waals surface area contributed by atoms with Crippen LogP contribution in [-0.4, -0.2) is 38.9 Å². The summed E-state index contributed by atoms with van der Waals surface area (Å²) < 4.78 is 17.1. The second-order valence-corrected chi connectivity index (χ2v) is 9.60. The Morgan fingerprint density at radius 1 is 1.24 bits per heavy atom. The van der Waals surface area contributed by atoms with Crippen molar-refractivity contribution in [1.82, 2.24) is 5.32 Å². The zero-order chi connectivity index (χ0) is 20.6. The van der Waals surface area contributed by atoms with Gasteiger partial charge in [-0.3, -0.25) is 4.79 Å². The summed E-state index contributed by atoms with van der Waals surface area (Å²) in [5, 5.41) is 3.42. The van der Waals surface area contributed by atoms with Crippen molar-refractivity contribution in [3.05, 3.63) is 29.8 Å². The maximum Gasteiger partial charge on any atom is 0.219 e. The normalized spacial score (nSPS) is 34.6. The molecule has 1 N–H and O–H groups in total. The van der Waals surface area contributed by atoms with Crippen LogP contribution in [-0.2, 0) is 14.3 Å². The van der Waals surface area contributed by atoms with Crippen LogP contribution in [0, 0.1) is 22.7 Å². The van der Waals surface area contributed by atoms with Gasteiger partial charge in [-0.15, -0.1) is 0 Å². The topological polar surface area (TPSA) is 56.8 Å². The van der Waals surface area contributed by atoms with Crippen LogP contribution in [0.15, 0.2) is 24.3 Å². The molecule has 1 saturated heterocycles. The molecule has 3 fully saturated rings. The molecule has 1 aromatic rings. The summed E-state index contributed by atoms with van der Waals surface area (Å²) in [6.45, 7) is 8.53. The first-order chi connectivity index (χ1) is 13.9. The van der Waals surface area contributed by atoms with E-state index in [0.29, 0.717) is 31.5 Å². The van der Waals surface area contributed by atoms with Crippen LogP contribution < -0.4 is 10.1 Å². The van der Waals surface area contributed by atoms with Gasteiger partial charge in [0.2, 0.25) is 5.91 Å². The number of nitrogens with one attached hydrogen (secondary N) is 1. The number of benzene rings is 1. The van der Waals surface area contributed by atoms with Crippen molar-refractivity contribution in [2.75, 3.05) is 26.9 Å². The number of ether oxygens (including phenoxy) is 3. The SMILES string of the molecule is CCC(=O)N[C@H]1C(C)(C)[C@@H]2C[C@@H]3[C@@H](c4ccc(OCCOC)cc4)OCCC31C2. The lowest BCUT2D eigenvalue weighted by Gasteiger charge is -2.53. The number of rotatable bonds is 7. The zero-order valence-corrected chi connectivity index (χ0v) is 18.2. The van der Waals surface area contributed by atoms with E-state index in [9.17, 15) is 4.79 Å². The summed E-state index contributed by atoms with van der Waals surface area (Å²) in [5.74, 6) is 2.12. The van der Waals surface area contributed by atoms with E-state index in [1.165, 1.54) is 18.4 Å². The maximum atomic E-state index is 12.3. The first kappa shape index (κ1) is 20.7. The van der Waals surface area contributed by atoms with Gasteiger partial charge in [-0.2, -0.15) is 0 Å². The number of carbonyl (C=O) groups excluding carboxylic acids is 1. The Morgan fingerprint density at radius 3 is 2.69 bits per heavy atom. The van der Waals surface area contributed by atoms with E-state index in [-0.39, 0.29) is 28.9 Å². The average Bonchev–Trinajstić information content (AvgIpc) is 3.21. The zero-order valence-electron chi connectivity index (χ0n) is 18.2. The Hall–Kier alpha value is -1.59. The first-order valence-corrected chi connectivity index (χ1v) is 11.0. The highest BCUT2D eigenvalue weighted by Gasteiger charge is 2.68. The van der Waals surface area contributed by atoms with Gasteiger partial charge < -0.3 is 19.5 Å². The number of carbonyl (C=O) groups is 1. The highest BCUT2D eigenvalue weighted by Crippen LogP contribution is 2.70. The van der Waals surface area contributed by atoms with Crippen LogP contribution in [0.1, 0.15) is 58.1 Å². The summed E-state index contributed by atoms with van der Waals surface area (Å²) in [4.78, 5) is 12.3. The van der Waals surface area contributed by atoms with Crippen molar-refractivity contribution in [2.45, 2.75) is 58.6 Å². The Kier molecular flexibility index (Phi) is 5.64. The minimum absolute atomic E-state index is 0.0962. The molecule has 1 unspecified atom stereocenters. The Bertz CT molecular complexity index is 731. The fourth-order valence-corrected chi connectivity index (χ4v) is 6.38. The van der Waals surface area contributed by atoms with Crippen molar-refractivity contribution >= 4 is 5.91 Å². The fourth-order valence-electron chi connectivity index (χ4n) is 6.38. The molecule has 2 saturated carbocycles. The van der Waals surface area contributed by atoms with Crippen molar-refractivity contribution < 1.29 is 19.0 Å². The summed E-state index contributed by atoms with van der Waals surface area (Å²) in [7, 11) is 1.68. The summed E-state index contributed by atoms with van der Waals surface area (Å²) in [6, 6.07) is 8.58. The molecule has 2 aliphatic carbocycles. The second-order valence-electron chi connectivity index (χ2n) is 9.60. The number of methoxy groups -OCH3 is 1. The van der Waals surface area contributed by atoms with Gasteiger partial charge >= 0.3 is 0 Å². The Morgan fingerprint density at radius 2 is 2.00 bits per heavy atom. The van der Waals surface area contributed by atoms with E-state index in [4.69, 9.17) is 14.2 Å². The van der Waals surface area contributed by atoms with Crippen LogP contribution in [0.2, 0.25) is 0 Å². The minimum atomic E-state index is 0.0962. The van der Waals surface area contributed by atoms with E-state index in [2.05, 4.69) is 31.3 Å². The lowest BCUT2D eigenvalue weighted by molar-refractivity contribution is -0.137. The predicted octanol–water partition coefficient (Wildman–Crippen LogP) is 4.12. The Labute approximate surface area is 174 Å². The van der Waals surface area contributed by atoms with Crippen molar-refractivity contribution in [1.29, 1.82) is 0 Å². The van der Waals surface area contributed by atoms with Gasteiger partial charge in [0.25, 0.3) is 0 Å². The number of amides is 1. The number of hydrogen-bond donors (Lipinski definition) is 1. The average molecular weight is 402 g/mol. The van der Waals surface area contributed by atoms with E-state index < -0.39 is 0 Å². The molecule has 2 bridgehead atoms. The Balaban J connectivity index is 1.55. The second kappa shape index (κ2) is 7.92. The molecule has 0 radical (unpaired) electrons. The maximum absolute atomic E-state index is 12.3. The molecular formula is C24H35NO4. The van der Waals surface area contributed by atoms with E-state index in [1.807, 2.05) is 19.1 Å². The largest absolute Gasteiger partial charge is 0.491 e. The molecule has 160 valence electrons. The molecule has 3 aliphatic rings. The molecule has 1 amide bonds. The van der Waals surface area contributed by atoms with Crippen LogP contribution >= 0.6 is 0 Å². The van der Waals surface area contributed by atoms with E-state index in [0.717, 1.165) is 18.8 Å². The molecule has 4 rings (SSSR count). The third-order valence-corrected chi connectivity index (χ3v) is 7.90. The standard InChI is InChI=1S/C24H35NO4/c1-5-20(26)25-22-23(2,3)17-14-19-21(29-11-10-24(19,22)15-17)16-6-8-18(9-7-16)28-13-12-27-4/h6-9,17,19,21-22H,5,10-15H2,1-4H3,(H,25,26)/t17-,19-,21-,22+,24?/m1/s1. The lowest BCUT2D eigenvalue weighted by Crippen LogP contribution is -2.58. The molecule has 1 spiro atoms. The quantitative estimate of drug-likeness (QED) is 0.698. The monoisotopic (exact) mass is 401 g/mol. The third kappa shape index (κ3) is 3.46. The van der Waals surface area contributed by atoms with E-state index in [1.54, 1.807) is 7.11 Å². The van der Waals surface area contributed by atoms with Crippen LogP contribution in [0.3, 0.4) is 0 Å². The molecule has 1 aromatic carbocycles. The highest BCUT2D eigenvalue weighted by molar-refractivity contribution is 5.76. The highest BCUT2D eigenvalue weighted by atomic mass is 16.5. The van der Waals surface area contributed by atoms with Gasteiger partial charge in [-0.1, -0.05) is 32.9 Å². The molecule has 0 aromatic heterocycles. The number of hydrogen-bond acceptors (Lipinski definition) is 4. The molecule has 5 heteroatoms. The van der Waals surface area contributed by atoms with Crippen molar-refractivity contribution in [2.24, 2.45) is 22.7 Å². The van der Waals surface area contributed by atoms with Crippen molar-refractivity contribution in [3.63, 3.8) is 0 Å². The molecule has 5 atom stereocenters. The predicted molar refractivity (Wildman–Crippen MR) is 112 cm³/mol. The van der Waals surface area contributed by atoms with E-state index >= 15 is 0 Å². The smallest absolute Gasteiger partial charge is 0.219 e. The molecular weight excluding hydrogens is 366 g/mol.